The number of carbonyl (C=O) groups excluding carboxylic acids is 1. The van der Waals surface area contributed by atoms with Crippen LogP contribution in [0.5, 0.6) is 0 Å². The van der Waals surface area contributed by atoms with E-state index in [1.165, 1.54) is 0 Å². The first-order valence-electron chi connectivity index (χ1n) is 9.38. The standard InChI is InChI=1S/C22H25NO3/c24-21(22(12-13-22)18-9-5-2-6-10-18)23-19-11-14-25-16-20(19)26-15-17-7-3-1-4-8-17/h1-10,19-20H,11-16H2,(H,23,24)/t19-,20-/m1/s1. The van der Waals surface area contributed by atoms with Gasteiger partial charge in [-0.3, -0.25) is 4.79 Å². The number of hydrogen-bond donors (Lipinski definition) is 1. The van der Waals surface area contributed by atoms with Gasteiger partial charge in [-0.2, -0.15) is 0 Å². The molecule has 0 unspecified atom stereocenters. The first kappa shape index (κ1) is 17.3. The molecule has 1 aliphatic carbocycles. The molecule has 4 heteroatoms. The molecule has 4 nitrogen and oxygen atoms in total. The van der Waals surface area contributed by atoms with E-state index in [4.69, 9.17) is 9.47 Å². The highest BCUT2D eigenvalue weighted by atomic mass is 16.5. The van der Waals surface area contributed by atoms with Gasteiger partial charge in [-0.1, -0.05) is 60.7 Å². The average molecular weight is 351 g/mol. The highest BCUT2D eigenvalue weighted by molar-refractivity contribution is 5.91. The number of ether oxygens (including phenoxy) is 2. The maximum Gasteiger partial charge on any atom is 0.230 e. The number of hydrogen-bond acceptors (Lipinski definition) is 3. The second-order valence-electron chi connectivity index (χ2n) is 7.23. The smallest absolute Gasteiger partial charge is 0.230 e. The lowest BCUT2D eigenvalue weighted by atomic mass is 9.94. The van der Waals surface area contributed by atoms with E-state index in [1.54, 1.807) is 0 Å². The van der Waals surface area contributed by atoms with Crippen LogP contribution in [0.2, 0.25) is 0 Å². The number of nitrogens with one attached hydrogen (secondary N) is 1. The Morgan fingerprint density at radius 3 is 2.46 bits per heavy atom. The van der Waals surface area contributed by atoms with Crippen LogP contribution in [0, 0.1) is 0 Å². The van der Waals surface area contributed by atoms with Crippen LogP contribution in [-0.2, 0) is 26.3 Å². The van der Waals surface area contributed by atoms with Crippen molar-refractivity contribution in [3.05, 3.63) is 71.8 Å². The summed E-state index contributed by atoms with van der Waals surface area (Å²) >= 11 is 0. The Labute approximate surface area is 154 Å². The van der Waals surface area contributed by atoms with Gasteiger partial charge in [0.15, 0.2) is 0 Å². The zero-order chi connectivity index (χ0) is 17.8. The summed E-state index contributed by atoms with van der Waals surface area (Å²) in [6.45, 7) is 1.72. The molecule has 1 aliphatic heterocycles. The second kappa shape index (κ2) is 7.60. The summed E-state index contributed by atoms with van der Waals surface area (Å²) in [6.07, 6.45) is 2.51. The van der Waals surface area contributed by atoms with Crippen molar-refractivity contribution >= 4 is 5.91 Å². The predicted octanol–water partition coefficient (Wildman–Crippen LogP) is 3.21. The van der Waals surface area contributed by atoms with Crippen molar-refractivity contribution in [2.24, 2.45) is 0 Å². The minimum absolute atomic E-state index is 0.00106. The van der Waals surface area contributed by atoms with Gasteiger partial charge in [-0.15, -0.1) is 0 Å². The molecule has 2 aliphatic rings. The van der Waals surface area contributed by atoms with Crippen LogP contribution in [0.15, 0.2) is 60.7 Å². The maximum atomic E-state index is 13.0. The van der Waals surface area contributed by atoms with Gasteiger partial charge < -0.3 is 14.8 Å². The lowest BCUT2D eigenvalue weighted by Crippen LogP contribution is -2.52. The summed E-state index contributed by atoms with van der Waals surface area (Å²) in [6, 6.07) is 20.2. The average Bonchev–Trinajstić information content (AvgIpc) is 3.51. The molecule has 1 heterocycles. The van der Waals surface area contributed by atoms with Crippen molar-refractivity contribution in [3.63, 3.8) is 0 Å². The van der Waals surface area contributed by atoms with E-state index in [0.29, 0.717) is 19.8 Å². The Balaban J connectivity index is 1.40. The van der Waals surface area contributed by atoms with E-state index >= 15 is 0 Å². The normalized spacial score (nSPS) is 24.0. The van der Waals surface area contributed by atoms with Crippen LogP contribution in [0.3, 0.4) is 0 Å². The lowest BCUT2D eigenvalue weighted by Gasteiger charge is -2.33. The van der Waals surface area contributed by atoms with Crippen LogP contribution in [0.4, 0.5) is 0 Å². The molecule has 4 rings (SSSR count). The number of benzene rings is 2. The molecule has 1 saturated carbocycles. The SMILES string of the molecule is O=C(N[C@@H]1CCOC[C@H]1OCc1ccccc1)C1(c2ccccc2)CC1. The van der Waals surface area contributed by atoms with Gasteiger partial charge in [0.25, 0.3) is 0 Å². The van der Waals surface area contributed by atoms with Gasteiger partial charge in [0, 0.05) is 6.61 Å². The fourth-order valence-electron chi connectivity index (χ4n) is 3.65. The highest BCUT2D eigenvalue weighted by Gasteiger charge is 2.51. The van der Waals surface area contributed by atoms with Gasteiger partial charge in [0.05, 0.1) is 24.7 Å². The minimum atomic E-state index is -0.344. The Morgan fingerprint density at radius 1 is 1.08 bits per heavy atom. The molecule has 0 radical (unpaired) electrons. The van der Waals surface area contributed by atoms with Crippen LogP contribution >= 0.6 is 0 Å². The van der Waals surface area contributed by atoms with Crippen molar-refractivity contribution in [1.82, 2.24) is 5.32 Å². The van der Waals surface area contributed by atoms with Crippen LogP contribution in [-0.4, -0.2) is 31.3 Å². The summed E-state index contributed by atoms with van der Waals surface area (Å²) < 4.78 is 11.7. The van der Waals surface area contributed by atoms with Crippen molar-refractivity contribution in [1.29, 1.82) is 0 Å². The molecule has 0 aromatic heterocycles. The van der Waals surface area contributed by atoms with Crippen LogP contribution < -0.4 is 5.32 Å². The fourth-order valence-corrected chi connectivity index (χ4v) is 3.65. The third-order valence-corrected chi connectivity index (χ3v) is 5.44. The van der Waals surface area contributed by atoms with E-state index in [1.807, 2.05) is 48.5 Å². The van der Waals surface area contributed by atoms with Gasteiger partial charge in [0.1, 0.15) is 6.10 Å². The largest absolute Gasteiger partial charge is 0.379 e. The molecule has 2 aromatic rings. The number of carbonyl (C=O) groups is 1. The molecule has 1 saturated heterocycles. The predicted molar refractivity (Wildman–Crippen MR) is 99.7 cm³/mol. The molecule has 136 valence electrons. The zero-order valence-electron chi connectivity index (χ0n) is 14.9. The molecule has 0 spiro atoms. The molecule has 1 N–H and O–H groups in total. The Bertz CT molecular complexity index is 728. The first-order chi connectivity index (χ1) is 12.8. The Hall–Kier alpha value is -2.17. The lowest BCUT2D eigenvalue weighted by molar-refractivity contribution is -0.129. The molecular weight excluding hydrogens is 326 g/mol. The van der Waals surface area contributed by atoms with Gasteiger partial charge in [-0.25, -0.2) is 0 Å². The van der Waals surface area contributed by atoms with Crippen molar-refractivity contribution in [2.75, 3.05) is 13.2 Å². The highest BCUT2D eigenvalue weighted by Crippen LogP contribution is 2.48. The van der Waals surface area contributed by atoms with E-state index in [9.17, 15) is 4.79 Å². The molecule has 2 atom stereocenters. The molecule has 2 fully saturated rings. The monoisotopic (exact) mass is 351 g/mol. The summed E-state index contributed by atoms with van der Waals surface area (Å²) in [7, 11) is 0. The Morgan fingerprint density at radius 2 is 1.77 bits per heavy atom. The van der Waals surface area contributed by atoms with E-state index in [-0.39, 0.29) is 23.5 Å². The fraction of sp³-hybridized carbons (Fsp3) is 0.409. The zero-order valence-corrected chi connectivity index (χ0v) is 14.9. The van der Waals surface area contributed by atoms with Crippen molar-refractivity contribution in [2.45, 2.75) is 43.4 Å². The third-order valence-electron chi connectivity index (χ3n) is 5.44. The molecule has 2 aromatic carbocycles. The molecule has 26 heavy (non-hydrogen) atoms. The van der Waals surface area contributed by atoms with E-state index in [0.717, 1.165) is 30.4 Å². The van der Waals surface area contributed by atoms with Gasteiger partial charge >= 0.3 is 0 Å². The first-order valence-corrected chi connectivity index (χ1v) is 9.38. The third kappa shape index (κ3) is 3.67. The molecule has 1 amide bonds. The topological polar surface area (TPSA) is 47.6 Å². The second-order valence-corrected chi connectivity index (χ2v) is 7.23. The van der Waals surface area contributed by atoms with Crippen LogP contribution in [0.25, 0.3) is 0 Å². The minimum Gasteiger partial charge on any atom is -0.379 e. The van der Waals surface area contributed by atoms with E-state index < -0.39 is 0 Å². The van der Waals surface area contributed by atoms with E-state index in [2.05, 4.69) is 17.4 Å². The summed E-state index contributed by atoms with van der Waals surface area (Å²) in [5.41, 5.74) is 1.90. The maximum absolute atomic E-state index is 13.0. The Kier molecular flexibility index (Phi) is 5.05. The number of amides is 1. The summed E-state index contributed by atoms with van der Waals surface area (Å²) in [4.78, 5) is 13.0. The van der Waals surface area contributed by atoms with Crippen molar-refractivity contribution in [3.8, 4) is 0 Å². The summed E-state index contributed by atoms with van der Waals surface area (Å²) in [5.74, 6) is 0.129. The van der Waals surface area contributed by atoms with Crippen molar-refractivity contribution < 1.29 is 14.3 Å². The summed E-state index contributed by atoms with van der Waals surface area (Å²) in [5, 5.41) is 3.26. The quantitative estimate of drug-likeness (QED) is 0.869. The van der Waals surface area contributed by atoms with Gasteiger partial charge in [-0.05, 0) is 30.4 Å². The number of rotatable bonds is 6. The van der Waals surface area contributed by atoms with Gasteiger partial charge in [0.2, 0.25) is 5.91 Å². The molecular formula is C22H25NO3. The van der Waals surface area contributed by atoms with Crippen LogP contribution in [0.1, 0.15) is 30.4 Å². The molecule has 0 bridgehead atoms.